The highest BCUT2D eigenvalue weighted by molar-refractivity contribution is 5.93. The second kappa shape index (κ2) is 7.90. The SMILES string of the molecule is O=C(c1cc(-c2ccc(F)cc2)n[nH]1)N1CCN(Cc2ccccc2F)CC1. The number of amides is 1. The number of hydrogen-bond acceptors (Lipinski definition) is 3. The lowest BCUT2D eigenvalue weighted by atomic mass is 10.1. The van der Waals surface area contributed by atoms with E-state index in [9.17, 15) is 13.6 Å². The average molecular weight is 382 g/mol. The Labute approximate surface area is 161 Å². The molecule has 144 valence electrons. The molecule has 2 aromatic carbocycles. The van der Waals surface area contributed by atoms with Crippen LogP contribution in [0.3, 0.4) is 0 Å². The quantitative estimate of drug-likeness (QED) is 0.753. The molecule has 1 aromatic heterocycles. The van der Waals surface area contributed by atoms with Gasteiger partial charge in [0, 0.05) is 43.9 Å². The number of H-pyrrole nitrogens is 1. The molecule has 7 heteroatoms. The summed E-state index contributed by atoms with van der Waals surface area (Å²) in [7, 11) is 0. The third-order valence-corrected chi connectivity index (χ3v) is 4.96. The Morgan fingerprint density at radius 1 is 1.00 bits per heavy atom. The second-order valence-electron chi connectivity index (χ2n) is 6.83. The lowest BCUT2D eigenvalue weighted by Crippen LogP contribution is -2.48. The van der Waals surface area contributed by atoms with Crippen molar-refractivity contribution in [2.75, 3.05) is 26.2 Å². The maximum absolute atomic E-state index is 13.8. The minimum atomic E-state index is -0.316. The van der Waals surface area contributed by atoms with Crippen LogP contribution in [0.25, 0.3) is 11.3 Å². The number of aromatic nitrogens is 2. The number of hydrogen-bond donors (Lipinski definition) is 1. The van der Waals surface area contributed by atoms with E-state index in [1.165, 1.54) is 18.2 Å². The molecule has 0 spiro atoms. The lowest BCUT2D eigenvalue weighted by molar-refractivity contribution is 0.0621. The lowest BCUT2D eigenvalue weighted by Gasteiger charge is -2.34. The van der Waals surface area contributed by atoms with E-state index in [2.05, 4.69) is 15.1 Å². The minimum absolute atomic E-state index is 0.119. The summed E-state index contributed by atoms with van der Waals surface area (Å²) in [4.78, 5) is 16.6. The predicted octanol–water partition coefficient (Wildman–Crippen LogP) is 3.31. The number of halogens is 2. The van der Waals surface area contributed by atoms with E-state index < -0.39 is 0 Å². The van der Waals surface area contributed by atoms with Crippen molar-refractivity contribution in [3.8, 4) is 11.3 Å². The van der Waals surface area contributed by atoms with Gasteiger partial charge in [0.15, 0.2) is 0 Å². The number of carbonyl (C=O) groups excluding carboxylic acids is 1. The van der Waals surface area contributed by atoms with Crippen molar-refractivity contribution in [1.29, 1.82) is 0 Å². The van der Waals surface area contributed by atoms with Gasteiger partial charge in [-0.15, -0.1) is 0 Å². The Hall–Kier alpha value is -3.06. The van der Waals surface area contributed by atoms with Crippen LogP contribution in [-0.2, 0) is 6.54 Å². The van der Waals surface area contributed by atoms with Crippen molar-refractivity contribution in [1.82, 2.24) is 20.0 Å². The van der Waals surface area contributed by atoms with E-state index in [-0.39, 0.29) is 17.5 Å². The van der Waals surface area contributed by atoms with Crippen molar-refractivity contribution in [3.05, 3.63) is 77.5 Å². The minimum Gasteiger partial charge on any atom is -0.335 e. The molecule has 0 bridgehead atoms. The van der Waals surface area contributed by atoms with Gasteiger partial charge in [0.2, 0.25) is 0 Å². The fraction of sp³-hybridized carbons (Fsp3) is 0.238. The average Bonchev–Trinajstić information content (AvgIpc) is 3.20. The van der Waals surface area contributed by atoms with Crippen LogP contribution in [0.15, 0.2) is 54.6 Å². The molecule has 0 unspecified atom stereocenters. The van der Waals surface area contributed by atoms with Crippen LogP contribution < -0.4 is 0 Å². The maximum atomic E-state index is 13.8. The summed E-state index contributed by atoms with van der Waals surface area (Å²) < 4.78 is 26.9. The number of nitrogens with one attached hydrogen (secondary N) is 1. The molecule has 1 amide bonds. The third kappa shape index (κ3) is 3.94. The largest absolute Gasteiger partial charge is 0.335 e. The first kappa shape index (κ1) is 18.3. The van der Waals surface area contributed by atoms with Crippen LogP contribution in [0.4, 0.5) is 8.78 Å². The smallest absolute Gasteiger partial charge is 0.271 e. The van der Waals surface area contributed by atoms with Gasteiger partial charge in [0.25, 0.3) is 5.91 Å². The number of piperazine rings is 1. The highest BCUT2D eigenvalue weighted by Gasteiger charge is 2.24. The fourth-order valence-corrected chi connectivity index (χ4v) is 3.35. The number of aromatic amines is 1. The molecule has 0 radical (unpaired) electrons. The molecule has 1 aliphatic rings. The predicted molar refractivity (Wildman–Crippen MR) is 102 cm³/mol. The molecule has 4 rings (SSSR count). The van der Waals surface area contributed by atoms with E-state index in [0.717, 1.165) is 5.56 Å². The van der Waals surface area contributed by atoms with Crippen molar-refractivity contribution in [2.24, 2.45) is 0 Å². The summed E-state index contributed by atoms with van der Waals surface area (Å²) in [6, 6.07) is 14.4. The van der Waals surface area contributed by atoms with E-state index >= 15 is 0 Å². The molecule has 2 heterocycles. The van der Waals surface area contributed by atoms with Crippen LogP contribution in [0.5, 0.6) is 0 Å². The van der Waals surface area contributed by atoms with Gasteiger partial charge in [0.1, 0.15) is 17.3 Å². The molecular weight excluding hydrogens is 362 g/mol. The number of rotatable bonds is 4. The Balaban J connectivity index is 1.36. The Morgan fingerprint density at radius 2 is 1.71 bits per heavy atom. The molecule has 28 heavy (non-hydrogen) atoms. The zero-order valence-corrected chi connectivity index (χ0v) is 15.2. The summed E-state index contributed by atoms with van der Waals surface area (Å²) in [5, 5.41) is 6.94. The van der Waals surface area contributed by atoms with Gasteiger partial charge in [-0.1, -0.05) is 18.2 Å². The van der Waals surface area contributed by atoms with Crippen LogP contribution in [0.1, 0.15) is 16.1 Å². The summed E-state index contributed by atoms with van der Waals surface area (Å²) in [5.74, 6) is -0.637. The second-order valence-corrected chi connectivity index (χ2v) is 6.83. The molecule has 3 aromatic rings. The zero-order chi connectivity index (χ0) is 19.5. The Bertz CT molecular complexity index is 963. The number of benzene rings is 2. The first-order chi connectivity index (χ1) is 13.6. The standard InChI is InChI=1S/C21H20F2N4O/c22-17-7-5-15(6-8-17)19-13-20(25-24-19)21(28)27-11-9-26(10-12-27)14-16-3-1-2-4-18(16)23/h1-8,13H,9-12,14H2,(H,24,25). The number of nitrogens with zero attached hydrogens (tertiary/aromatic N) is 3. The van der Waals surface area contributed by atoms with E-state index in [4.69, 9.17) is 0 Å². The van der Waals surface area contributed by atoms with Crippen molar-refractivity contribution < 1.29 is 13.6 Å². The van der Waals surface area contributed by atoms with Gasteiger partial charge in [-0.2, -0.15) is 5.10 Å². The Morgan fingerprint density at radius 3 is 2.43 bits per heavy atom. The van der Waals surface area contributed by atoms with E-state index in [1.807, 2.05) is 6.07 Å². The first-order valence-corrected chi connectivity index (χ1v) is 9.16. The maximum Gasteiger partial charge on any atom is 0.271 e. The monoisotopic (exact) mass is 382 g/mol. The van der Waals surface area contributed by atoms with Gasteiger partial charge >= 0.3 is 0 Å². The first-order valence-electron chi connectivity index (χ1n) is 9.16. The molecule has 0 saturated carbocycles. The highest BCUT2D eigenvalue weighted by Crippen LogP contribution is 2.19. The molecule has 0 atom stereocenters. The summed E-state index contributed by atoms with van der Waals surface area (Å²) in [5.41, 5.74) is 2.41. The van der Waals surface area contributed by atoms with Crippen LogP contribution >= 0.6 is 0 Å². The third-order valence-electron chi connectivity index (χ3n) is 4.96. The molecule has 1 saturated heterocycles. The normalized spacial score (nSPS) is 15.0. The van der Waals surface area contributed by atoms with Gasteiger partial charge in [0.05, 0.1) is 5.69 Å². The molecule has 5 nitrogen and oxygen atoms in total. The molecule has 1 fully saturated rings. The van der Waals surface area contributed by atoms with Crippen LogP contribution in [0.2, 0.25) is 0 Å². The van der Waals surface area contributed by atoms with Crippen molar-refractivity contribution >= 4 is 5.91 Å². The summed E-state index contributed by atoms with van der Waals surface area (Å²) in [6.07, 6.45) is 0. The van der Waals surface area contributed by atoms with Gasteiger partial charge in [-0.25, -0.2) is 8.78 Å². The molecule has 1 N–H and O–H groups in total. The fourth-order valence-electron chi connectivity index (χ4n) is 3.35. The van der Waals surface area contributed by atoms with Crippen LogP contribution in [-0.4, -0.2) is 52.1 Å². The Kier molecular flexibility index (Phi) is 5.16. The molecule has 1 aliphatic heterocycles. The zero-order valence-electron chi connectivity index (χ0n) is 15.2. The van der Waals surface area contributed by atoms with E-state index in [0.29, 0.717) is 49.7 Å². The van der Waals surface area contributed by atoms with Crippen molar-refractivity contribution in [3.63, 3.8) is 0 Å². The topological polar surface area (TPSA) is 52.2 Å². The van der Waals surface area contributed by atoms with Crippen LogP contribution in [0, 0.1) is 11.6 Å². The number of carbonyl (C=O) groups is 1. The van der Waals surface area contributed by atoms with Crippen molar-refractivity contribution in [2.45, 2.75) is 6.54 Å². The van der Waals surface area contributed by atoms with E-state index in [1.54, 1.807) is 35.2 Å². The summed E-state index contributed by atoms with van der Waals surface area (Å²) >= 11 is 0. The van der Waals surface area contributed by atoms with Gasteiger partial charge in [-0.05, 0) is 36.4 Å². The highest BCUT2D eigenvalue weighted by atomic mass is 19.1. The molecular formula is C21H20F2N4O. The molecule has 0 aliphatic carbocycles. The van der Waals surface area contributed by atoms with Gasteiger partial charge in [-0.3, -0.25) is 14.8 Å². The summed E-state index contributed by atoms with van der Waals surface area (Å²) in [6.45, 7) is 3.03. The van der Waals surface area contributed by atoms with Gasteiger partial charge < -0.3 is 4.90 Å².